The molecule has 2 aromatic carbocycles. The lowest BCUT2D eigenvalue weighted by atomic mass is 9.94. The quantitative estimate of drug-likeness (QED) is 0.610. The van der Waals surface area contributed by atoms with E-state index in [1.54, 1.807) is 6.92 Å². The summed E-state index contributed by atoms with van der Waals surface area (Å²) in [5.74, 6) is -0.413. The van der Waals surface area contributed by atoms with Crippen LogP contribution in [0.4, 0.5) is 10.5 Å². The van der Waals surface area contributed by atoms with Crippen LogP contribution < -0.4 is 15.5 Å². The van der Waals surface area contributed by atoms with Crippen molar-refractivity contribution in [2.24, 2.45) is 0 Å². The first-order chi connectivity index (χ1) is 16.4. The molecule has 1 saturated heterocycles. The number of esters is 1. The molecule has 2 N–H and O–H groups in total. The average molecular weight is 483 g/mol. The number of aryl methyl sites for hydroxylation is 2. The summed E-state index contributed by atoms with van der Waals surface area (Å²) in [4.78, 5) is 30.1. The Morgan fingerprint density at radius 3 is 2.47 bits per heavy atom. The molecule has 4 rings (SSSR count). The summed E-state index contributed by atoms with van der Waals surface area (Å²) < 4.78 is 5.38. The second-order valence-corrected chi connectivity index (χ2v) is 9.19. The summed E-state index contributed by atoms with van der Waals surface area (Å²) in [5, 5.41) is 6.51. The van der Waals surface area contributed by atoms with E-state index in [2.05, 4.69) is 27.4 Å². The average Bonchev–Trinajstić information content (AvgIpc) is 2.81. The van der Waals surface area contributed by atoms with Crippen LogP contribution in [-0.2, 0) is 9.53 Å². The van der Waals surface area contributed by atoms with Gasteiger partial charge in [0.2, 0.25) is 0 Å². The summed E-state index contributed by atoms with van der Waals surface area (Å²) in [7, 11) is 0. The lowest BCUT2D eigenvalue weighted by Crippen LogP contribution is -2.52. The minimum atomic E-state index is -0.557. The van der Waals surface area contributed by atoms with Crippen LogP contribution in [-0.4, -0.2) is 56.2 Å². The second-order valence-electron chi connectivity index (χ2n) is 8.75. The van der Waals surface area contributed by atoms with Crippen molar-refractivity contribution in [2.75, 3.05) is 44.2 Å². The number of amides is 2. The van der Waals surface area contributed by atoms with Gasteiger partial charge in [-0.2, -0.15) is 0 Å². The summed E-state index contributed by atoms with van der Waals surface area (Å²) in [5.41, 5.74) is 5.35. The summed E-state index contributed by atoms with van der Waals surface area (Å²) in [6.07, 6.45) is 0. The topological polar surface area (TPSA) is 73.9 Å². The van der Waals surface area contributed by atoms with Gasteiger partial charge in [0.25, 0.3) is 0 Å². The fourth-order valence-electron chi connectivity index (χ4n) is 4.50. The third-order valence-corrected chi connectivity index (χ3v) is 6.56. The van der Waals surface area contributed by atoms with Crippen LogP contribution in [0.3, 0.4) is 0 Å². The first-order valence-electron chi connectivity index (χ1n) is 11.6. The number of carbonyl (C=O) groups excluding carboxylic acids is 2. The Kier molecular flexibility index (Phi) is 7.44. The van der Waals surface area contributed by atoms with E-state index < -0.39 is 12.0 Å². The summed E-state index contributed by atoms with van der Waals surface area (Å²) in [6, 6.07) is 12.9. The number of nitrogens with one attached hydrogen (secondary N) is 2. The number of rotatable bonds is 6. The molecule has 0 bridgehead atoms. The van der Waals surface area contributed by atoms with E-state index in [1.807, 2.05) is 49.4 Å². The van der Waals surface area contributed by atoms with Gasteiger partial charge in [0, 0.05) is 49.1 Å². The zero-order valence-corrected chi connectivity index (χ0v) is 20.6. The lowest BCUT2D eigenvalue weighted by Gasteiger charge is -2.38. The Morgan fingerprint density at radius 2 is 1.79 bits per heavy atom. The molecule has 1 atom stereocenters. The maximum absolute atomic E-state index is 13.0. The van der Waals surface area contributed by atoms with Crippen molar-refractivity contribution in [1.29, 1.82) is 0 Å². The van der Waals surface area contributed by atoms with E-state index in [-0.39, 0.29) is 12.6 Å². The molecule has 0 aromatic heterocycles. The van der Waals surface area contributed by atoms with Crippen molar-refractivity contribution in [3.63, 3.8) is 0 Å². The Balaban J connectivity index is 1.56. The molecular weight excluding hydrogens is 452 g/mol. The number of benzene rings is 2. The van der Waals surface area contributed by atoms with Crippen molar-refractivity contribution < 1.29 is 14.3 Å². The van der Waals surface area contributed by atoms with Gasteiger partial charge in [-0.1, -0.05) is 47.5 Å². The molecule has 1 fully saturated rings. The molecule has 2 amide bonds. The van der Waals surface area contributed by atoms with Crippen molar-refractivity contribution in [3.05, 3.63) is 75.4 Å². The van der Waals surface area contributed by atoms with Gasteiger partial charge in [-0.3, -0.25) is 4.90 Å². The Morgan fingerprint density at radius 1 is 1.09 bits per heavy atom. The molecule has 2 aliphatic rings. The second kappa shape index (κ2) is 10.5. The zero-order valence-electron chi connectivity index (χ0n) is 19.9. The monoisotopic (exact) mass is 482 g/mol. The third kappa shape index (κ3) is 5.37. The number of hydrogen-bond acceptors (Lipinski definition) is 5. The molecule has 2 aliphatic heterocycles. The molecule has 8 heteroatoms. The normalized spacial score (nSPS) is 19.0. The van der Waals surface area contributed by atoms with Crippen molar-refractivity contribution in [3.8, 4) is 0 Å². The van der Waals surface area contributed by atoms with Crippen LogP contribution >= 0.6 is 11.6 Å². The standard InChI is InChI=1S/C26H31ClN4O3/c1-4-34-25(32)23-21(28-26(33)29-24(23)19-8-5-17(2)6-9-19)16-30-11-13-31(14-12-30)22-15-20(27)10-7-18(22)3/h5-10,15,24H,4,11-14,16H2,1-3H3,(H2,28,29,33)/t24-/m1/s1. The van der Waals surface area contributed by atoms with Crippen LogP contribution in [0.15, 0.2) is 53.7 Å². The lowest BCUT2D eigenvalue weighted by molar-refractivity contribution is -0.139. The largest absolute Gasteiger partial charge is 0.463 e. The number of ether oxygens (including phenoxy) is 1. The smallest absolute Gasteiger partial charge is 0.338 e. The van der Waals surface area contributed by atoms with E-state index >= 15 is 0 Å². The first-order valence-corrected chi connectivity index (χ1v) is 12.0. The molecule has 0 spiro atoms. The van der Waals surface area contributed by atoms with Crippen LogP contribution in [0.2, 0.25) is 5.02 Å². The van der Waals surface area contributed by atoms with E-state index in [4.69, 9.17) is 16.3 Å². The zero-order chi connectivity index (χ0) is 24.2. The number of hydrogen-bond donors (Lipinski definition) is 2. The van der Waals surface area contributed by atoms with Crippen LogP contribution in [0.5, 0.6) is 0 Å². The van der Waals surface area contributed by atoms with Gasteiger partial charge in [0.05, 0.1) is 18.2 Å². The number of nitrogens with zero attached hydrogens (tertiary/aromatic N) is 2. The maximum atomic E-state index is 13.0. The SMILES string of the molecule is CCOC(=O)C1=C(CN2CCN(c3cc(Cl)ccc3C)CC2)NC(=O)N[C@@H]1c1ccc(C)cc1. The summed E-state index contributed by atoms with van der Waals surface area (Å²) in [6.45, 7) is 9.85. The van der Waals surface area contributed by atoms with Crippen molar-refractivity contribution >= 4 is 29.3 Å². The number of piperazine rings is 1. The molecule has 180 valence electrons. The molecule has 0 aliphatic carbocycles. The number of urea groups is 1. The van der Waals surface area contributed by atoms with Gasteiger partial charge in [-0.05, 0) is 44.0 Å². The highest BCUT2D eigenvalue weighted by Gasteiger charge is 2.34. The molecule has 34 heavy (non-hydrogen) atoms. The minimum Gasteiger partial charge on any atom is -0.463 e. The highest BCUT2D eigenvalue weighted by Crippen LogP contribution is 2.29. The predicted molar refractivity (Wildman–Crippen MR) is 134 cm³/mol. The molecule has 0 saturated carbocycles. The summed E-state index contributed by atoms with van der Waals surface area (Å²) >= 11 is 6.22. The van der Waals surface area contributed by atoms with Gasteiger partial charge in [0.15, 0.2) is 0 Å². The van der Waals surface area contributed by atoms with Gasteiger partial charge < -0.3 is 20.3 Å². The Bertz CT molecular complexity index is 1090. The molecular formula is C26H31ClN4O3. The van der Waals surface area contributed by atoms with Gasteiger partial charge in [-0.15, -0.1) is 0 Å². The molecule has 7 nitrogen and oxygen atoms in total. The van der Waals surface area contributed by atoms with Gasteiger partial charge in [0.1, 0.15) is 0 Å². The predicted octanol–water partition coefficient (Wildman–Crippen LogP) is 3.95. The highest BCUT2D eigenvalue weighted by molar-refractivity contribution is 6.30. The highest BCUT2D eigenvalue weighted by atomic mass is 35.5. The fourth-order valence-corrected chi connectivity index (χ4v) is 4.66. The van der Waals surface area contributed by atoms with Crippen LogP contribution in [0.25, 0.3) is 0 Å². The maximum Gasteiger partial charge on any atom is 0.338 e. The number of anilines is 1. The van der Waals surface area contributed by atoms with Crippen molar-refractivity contribution in [1.82, 2.24) is 15.5 Å². The Labute approximate surface area is 205 Å². The number of carbonyl (C=O) groups is 2. The molecule has 0 unspecified atom stereocenters. The van der Waals surface area contributed by atoms with Crippen molar-refractivity contribution in [2.45, 2.75) is 26.8 Å². The number of halogens is 1. The van der Waals surface area contributed by atoms with E-state index in [0.717, 1.165) is 48.0 Å². The molecule has 2 aromatic rings. The molecule has 2 heterocycles. The van der Waals surface area contributed by atoms with E-state index in [0.29, 0.717) is 17.8 Å². The van der Waals surface area contributed by atoms with E-state index in [1.165, 1.54) is 5.56 Å². The Hall–Kier alpha value is -3.03. The van der Waals surface area contributed by atoms with Crippen LogP contribution in [0.1, 0.15) is 29.7 Å². The minimum absolute atomic E-state index is 0.266. The third-order valence-electron chi connectivity index (χ3n) is 6.33. The first kappa shape index (κ1) is 24.1. The molecule has 0 radical (unpaired) electrons. The van der Waals surface area contributed by atoms with Crippen LogP contribution in [0, 0.1) is 13.8 Å². The van der Waals surface area contributed by atoms with Gasteiger partial charge >= 0.3 is 12.0 Å². The fraction of sp³-hybridized carbons (Fsp3) is 0.385. The van der Waals surface area contributed by atoms with E-state index in [9.17, 15) is 9.59 Å². The van der Waals surface area contributed by atoms with Gasteiger partial charge in [-0.25, -0.2) is 9.59 Å².